The summed E-state index contributed by atoms with van der Waals surface area (Å²) in [5.74, 6) is 0.999. The third kappa shape index (κ3) is 5.48. The molecule has 6 nitrogen and oxygen atoms in total. The van der Waals surface area contributed by atoms with Crippen molar-refractivity contribution in [2.75, 3.05) is 45.3 Å². The van der Waals surface area contributed by atoms with Gasteiger partial charge in [-0.3, -0.25) is 9.69 Å². The van der Waals surface area contributed by atoms with Crippen molar-refractivity contribution in [3.05, 3.63) is 59.1 Å². The molecule has 0 saturated carbocycles. The van der Waals surface area contributed by atoms with Gasteiger partial charge in [0, 0.05) is 13.1 Å². The first-order valence-electron chi connectivity index (χ1n) is 11.2. The van der Waals surface area contributed by atoms with Gasteiger partial charge >= 0.3 is 0 Å². The molecule has 0 aliphatic rings. The maximum Gasteiger partial charge on any atom is 0.263 e. The number of fused-ring (bicyclic) bond motifs is 2. The predicted octanol–water partition coefficient (Wildman–Crippen LogP) is 6.53. The Kier molecular flexibility index (Phi) is 9.19. The number of carbonyl (C=O) groups is 1. The number of ether oxygens (including phenoxy) is 2. The largest absolute Gasteiger partial charge is 0.496 e. The molecule has 0 unspecified atom stereocenters. The van der Waals surface area contributed by atoms with E-state index >= 15 is 0 Å². The van der Waals surface area contributed by atoms with E-state index in [0.29, 0.717) is 39.3 Å². The molecular weight excluding hydrogens is 505 g/mol. The minimum Gasteiger partial charge on any atom is -0.496 e. The number of nitrogens with zero attached hydrogens (tertiary/aromatic N) is 3. The third-order valence-electron chi connectivity index (χ3n) is 5.98. The minimum absolute atomic E-state index is 0. The molecule has 1 heterocycles. The Bertz CT molecular complexity index is 1320. The lowest BCUT2D eigenvalue weighted by Gasteiger charge is -2.25. The summed E-state index contributed by atoms with van der Waals surface area (Å²) < 4.78 is 11.9. The third-order valence-corrected chi connectivity index (χ3v) is 7.51. The van der Waals surface area contributed by atoms with Crippen molar-refractivity contribution in [1.29, 1.82) is 0 Å². The first-order chi connectivity index (χ1) is 16.5. The van der Waals surface area contributed by atoms with E-state index in [9.17, 15) is 4.79 Å². The zero-order valence-electron chi connectivity index (χ0n) is 20.2. The highest BCUT2D eigenvalue weighted by molar-refractivity contribution is 7.23. The molecule has 0 fully saturated rings. The Morgan fingerprint density at radius 3 is 2.26 bits per heavy atom. The average Bonchev–Trinajstić information content (AvgIpc) is 3.32. The Morgan fingerprint density at radius 1 is 0.971 bits per heavy atom. The van der Waals surface area contributed by atoms with Crippen molar-refractivity contribution in [2.45, 2.75) is 13.8 Å². The highest BCUT2D eigenvalue weighted by atomic mass is 35.5. The second-order valence-electron chi connectivity index (χ2n) is 7.81. The number of amides is 1. The average molecular weight is 535 g/mol. The Balaban J connectivity index is 0.00000342. The van der Waals surface area contributed by atoms with Crippen LogP contribution in [0.25, 0.3) is 21.0 Å². The van der Waals surface area contributed by atoms with Gasteiger partial charge in [0.05, 0.1) is 29.5 Å². The molecule has 0 N–H and O–H groups in total. The van der Waals surface area contributed by atoms with Gasteiger partial charge in [-0.15, -0.1) is 12.4 Å². The number of rotatable bonds is 9. The van der Waals surface area contributed by atoms with Crippen LogP contribution < -0.4 is 14.4 Å². The molecule has 4 aromatic rings. The maximum absolute atomic E-state index is 14.0. The molecular formula is C26H29Cl2N3O3S. The summed E-state index contributed by atoms with van der Waals surface area (Å²) in [5, 5.41) is 3.15. The molecule has 1 aromatic heterocycles. The van der Waals surface area contributed by atoms with E-state index < -0.39 is 0 Å². The lowest BCUT2D eigenvalue weighted by atomic mass is 10.0. The number of thiazole rings is 1. The number of likely N-dealkylation sites (N-methyl/N-ethyl adjacent to an activating group) is 1. The highest BCUT2D eigenvalue weighted by Crippen LogP contribution is 2.39. The monoisotopic (exact) mass is 533 g/mol. The molecule has 9 heteroatoms. The second-order valence-corrected chi connectivity index (χ2v) is 9.19. The molecule has 0 aliphatic carbocycles. The molecule has 35 heavy (non-hydrogen) atoms. The molecule has 1 amide bonds. The van der Waals surface area contributed by atoms with Crippen LogP contribution in [0.15, 0.2) is 48.5 Å². The normalized spacial score (nSPS) is 11.0. The second kappa shape index (κ2) is 11.9. The van der Waals surface area contributed by atoms with E-state index in [4.69, 9.17) is 26.1 Å². The van der Waals surface area contributed by atoms with Gasteiger partial charge in [0.1, 0.15) is 17.0 Å². The number of methoxy groups -OCH3 is 2. The molecule has 0 aliphatic heterocycles. The lowest BCUT2D eigenvalue weighted by molar-refractivity contribution is 0.0981. The number of benzene rings is 3. The van der Waals surface area contributed by atoms with E-state index in [1.54, 1.807) is 31.3 Å². The fourth-order valence-electron chi connectivity index (χ4n) is 3.99. The van der Waals surface area contributed by atoms with Crippen LogP contribution in [-0.4, -0.2) is 56.2 Å². The van der Waals surface area contributed by atoms with E-state index in [0.717, 1.165) is 35.1 Å². The predicted molar refractivity (Wildman–Crippen MR) is 148 cm³/mol. The van der Waals surface area contributed by atoms with Gasteiger partial charge in [-0.1, -0.05) is 61.1 Å². The first-order valence-corrected chi connectivity index (χ1v) is 12.4. The molecule has 0 radical (unpaired) electrons. The summed E-state index contributed by atoms with van der Waals surface area (Å²) in [6.07, 6.45) is 0. The van der Waals surface area contributed by atoms with Crippen molar-refractivity contribution >= 4 is 67.4 Å². The van der Waals surface area contributed by atoms with E-state index in [2.05, 4.69) is 18.7 Å². The van der Waals surface area contributed by atoms with Gasteiger partial charge in [0.15, 0.2) is 5.13 Å². The van der Waals surface area contributed by atoms with Gasteiger partial charge in [0.2, 0.25) is 0 Å². The summed E-state index contributed by atoms with van der Waals surface area (Å²) in [5.41, 5.74) is 1.15. The summed E-state index contributed by atoms with van der Waals surface area (Å²) in [6.45, 7) is 7.23. The first kappa shape index (κ1) is 27.0. The molecule has 4 rings (SSSR count). The van der Waals surface area contributed by atoms with Gasteiger partial charge in [-0.25, -0.2) is 4.98 Å². The van der Waals surface area contributed by atoms with Gasteiger partial charge in [-0.05, 0) is 48.1 Å². The molecule has 0 bridgehead atoms. The van der Waals surface area contributed by atoms with Crippen molar-refractivity contribution in [2.24, 2.45) is 0 Å². The number of hydrogen-bond acceptors (Lipinski definition) is 6. The van der Waals surface area contributed by atoms with Crippen molar-refractivity contribution in [1.82, 2.24) is 9.88 Å². The van der Waals surface area contributed by atoms with Crippen LogP contribution in [-0.2, 0) is 0 Å². The Hall–Kier alpha value is -2.58. The number of carbonyl (C=O) groups excluding carboxylic acids is 1. The standard InChI is InChI=1S/C26H28ClN3O3S.ClH/c1-5-29(6-2)13-14-30(26-28-23-21(32-3)12-11-20(27)24(23)34-26)25(31)19-15-17-9-7-8-10-18(17)16-22(19)33-4;/h7-12,15-16H,5-6,13-14H2,1-4H3;1H. The van der Waals surface area contributed by atoms with E-state index in [-0.39, 0.29) is 18.3 Å². The number of hydrogen-bond donors (Lipinski definition) is 0. The van der Waals surface area contributed by atoms with E-state index in [1.807, 2.05) is 36.4 Å². The van der Waals surface area contributed by atoms with Crippen LogP contribution in [0.1, 0.15) is 24.2 Å². The quantitative estimate of drug-likeness (QED) is 0.244. The number of anilines is 1. The van der Waals surface area contributed by atoms with Crippen LogP contribution in [0.3, 0.4) is 0 Å². The molecule has 0 saturated heterocycles. The molecule has 0 atom stereocenters. The lowest BCUT2D eigenvalue weighted by Crippen LogP contribution is -2.39. The number of halogens is 2. The maximum atomic E-state index is 14.0. The van der Waals surface area contributed by atoms with Crippen molar-refractivity contribution in [3.63, 3.8) is 0 Å². The number of aromatic nitrogens is 1. The van der Waals surface area contributed by atoms with Crippen LogP contribution in [0, 0.1) is 0 Å². The molecule has 3 aromatic carbocycles. The fourth-order valence-corrected chi connectivity index (χ4v) is 5.27. The van der Waals surface area contributed by atoms with Crippen LogP contribution in [0.4, 0.5) is 5.13 Å². The summed E-state index contributed by atoms with van der Waals surface area (Å²) >= 11 is 7.86. The molecule has 186 valence electrons. The fraction of sp³-hybridized carbons (Fsp3) is 0.308. The highest BCUT2D eigenvalue weighted by Gasteiger charge is 2.26. The van der Waals surface area contributed by atoms with E-state index in [1.165, 1.54) is 11.3 Å². The van der Waals surface area contributed by atoms with Crippen molar-refractivity contribution < 1.29 is 14.3 Å². The van der Waals surface area contributed by atoms with Crippen molar-refractivity contribution in [3.8, 4) is 11.5 Å². The van der Waals surface area contributed by atoms with Gasteiger partial charge in [-0.2, -0.15) is 0 Å². The van der Waals surface area contributed by atoms with Crippen LogP contribution in [0.5, 0.6) is 11.5 Å². The van der Waals surface area contributed by atoms with Crippen LogP contribution in [0.2, 0.25) is 5.02 Å². The van der Waals surface area contributed by atoms with Gasteiger partial charge < -0.3 is 14.4 Å². The topological polar surface area (TPSA) is 54.9 Å². The Labute approximate surface area is 220 Å². The smallest absolute Gasteiger partial charge is 0.263 e. The summed E-state index contributed by atoms with van der Waals surface area (Å²) in [4.78, 5) is 22.8. The minimum atomic E-state index is -0.163. The van der Waals surface area contributed by atoms with Crippen LogP contribution >= 0.6 is 35.3 Å². The SMILES string of the molecule is CCN(CC)CCN(C(=O)c1cc2ccccc2cc1OC)c1nc2c(OC)ccc(Cl)c2s1.Cl. The van der Waals surface area contributed by atoms with Gasteiger partial charge in [0.25, 0.3) is 5.91 Å². The Morgan fingerprint density at radius 2 is 1.63 bits per heavy atom. The summed E-state index contributed by atoms with van der Waals surface area (Å²) in [7, 11) is 3.19. The summed E-state index contributed by atoms with van der Waals surface area (Å²) in [6, 6.07) is 15.3. The zero-order chi connectivity index (χ0) is 24.2. The molecule has 0 spiro atoms. The zero-order valence-corrected chi connectivity index (χ0v) is 22.6.